The number of aromatic amines is 4. The number of H-pyrrole nitrogens is 4. The second kappa shape index (κ2) is 47.8. The van der Waals surface area contributed by atoms with Gasteiger partial charge in [-0.15, -0.1) is 0 Å². The number of hydrogen-bond donors (Lipinski definition) is 4. The molecule has 8 aromatic heterocycles. The van der Waals surface area contributed by atoms with Crippen molar-refractivity contribution in [2.75, 3.05) is 177 Å². The van der Waals surface area contributed by atoms with Crippen molar-refractivity contribution in [3.05, 3.63) is 158 Å². The lowest BCUT2D eigenvalue weighted by Gasteiger charge is -2.34. The number of amides is 4. The number of piperazine rings is 4. The molecule has 0 aromatic carbocycles. The van der Waals surface area contributed by atoms with E-state index >= 15 is 0 Å². The van der Waals surface area contributed by atoms with Gasteiger partial charge in [0.2, 0.25) is 47.4 Å². The topological polar surface area (TPSA) is 454 Å². The van der Waals surface area contributed by atoms with Crippen molar-refractivity contribution in [2.45, 2.75) is 105 Å². The third-order valence-electron chi connectivity index (χ3n) is 19.0. The molecule has 12 rings (SSSR count). The molecule has 0 radical (unpaired) electrons. The zero-order valence-corrected chi connectivity index (χ0v) is 71.0. The molecule has 0 bridgehead atoms. The Hall–Kier alpha value is -10.9. The van der Waals surface area contributed by atoms with Crippen molar-refractivity contribution in [3.63, 3.8) is 0 Å². The van der Waals surface area contributed by atoms with Gasteiger partial charge >= 0.3 is 0 Å². The molecular weight excluding hydrogens is 1650 g/mol. The summed E-state index contributed by atoms with van der Waals surface area (Å²) in [5.74, 6) is 4.38. The Bertz CT molecular complexity index is 4490. The Labute approximate surface area is 711 Å². The summed E-state index contributed by atoms with van der Waals surface area (Å²) in [4.78, 5) is 145. The first-order chi connectivity index (χ1) is 57.7. The van der Waals surface area contributed by atoms with E-state index in [-0.39, 0.29) is 83.5 Å². The van der Waals surface area contributed by atoms with E-state index in [0.29, 0.717) is 259 Å². The van der Waals surface area contributed by atoms with Gasteiger partial charge in [-0.05, 0) is 55.4 Å². The summed E-state index contributed by atoms with van der Waals surface area (Å²) in [6, 6.07) is 0. The Kier molecular flexibility index (Phi) is 37.0. The maximum atomic E-state index is 12.4. The van der Waals surface area contributed by atoms with Crippen LogP contribution in [0.1, 0.15) is 75.6 Å². The van der Waals surface area contributed by atoms with Gasteiger partial charge in [0.15, 0.2) is 0 Å². The van der Waals surface area contributed by atoms with E-state index in [1.165, 1.54) is 24.8 Å². The molecule has 648 valence electrons. The highest BCUT2D eigenvalue weighted by molar-refractivity contribution is 6.31. The number of halogens is 4. The molecule has 120 heavy (non-hydrogen) atoms. The Morgan fingerprint density at radius 3 is 0.800 bits per heavy atom. The SMILES string of the molecule is Cc1c(OC[C@@H](C)OCCC(=O)N2CCN(c3ncc(Cl)cn3)CC2)cn[nH]c1=O.Cc1c(OC[C@H](C)OCCC(=O)N2CCN(c3ncc(Cl)cn3)CC2)cn[nH]c1=O.Cc1c(O[C@@H](C)COCCC(=O)N2CCN(c3ncc(Cl)cn3)CC2)cn[nH]c1=O.Cc1c(O[C@H](C)COCCC(=O)N2CCN(c3ncc(Cl)cn3)CC2)cn[nH]c1=O. The summed E-state index contributed by atoms with van der Waals surface area (Å²) < 4.78 is 45.0. The molecule has 4 N–H and O–H groups in total. The van der Waals surface area contributed by atoms with Crippen LogP contribution in [-0.2, 0) is 38.1 Å². The number of nitrogens with zero attached hydrogens (tertiary/aromatic N) is 20. The van der Waals surface area contributed by atoms with Crippen molar-refractivity contribution < 1.29 is 57.1 Å². The second-order valence-corrected chi connectivity index (χ2v) is 29.8. The highest BCUT2D eigenvalue weighted by Crippen LogP contribution is 2.22. The van der Waals surface area contributed by atoms with Crippen molar-refractivity contribution in [1.82, 2.24) is 100 Å². The molecule has 0 saturated carbocycles. The number of anilines is 4. The van der Waals surface area contributed by atoms with Crippen LogP contribution >= 0.6 is 46.4 Å². The van der Waals surface area contributed by atoms with Crippen LogP contribution in [0.2, 0.25) is 20.1 Å². The van der Waals surface area contributed by atoms with Crippen LogP contribution in [0.25, 0.3) is 0 Å². The van der Waals surface area contributed by atoms with Crippen molar-refractivity contribution >= 4 is 93.8 Å². The normalized spacial score (nSPS) is 15.2. The molecule has 4 saturated heterocycles. The number of rotatable bonds is 32. The predicted molar refractivity (Wildman–Crippen MR) is 444 cm³/mol. The minimum Gasteiger partial charge on any atom is -0.489 e. The van der Waals surface area contributed by atoms with Crippen molar-refractivity contribution in [2.24, 2.45) is 0 Å². The minimum absolute atomic E-state index is 0.0504. The van der Waals surface area contributed by atoms with Gasteiger partial charge < -0.3 is 77.1 Å². The van der Waals surface area contributed by atoms with E-state index in [2.05, 4.69) is 80.7 Å². The zero-order chi connectivity index (χ0) is 86.0. The average molecular weight is 1750 g/mol. The maximum absolute atomic E-state index is 12.4. The highest BCUT2D eigenvalue weighted by atomic mass is 35.5. The first kappa shape index (κ1) is 93.0. The van der Waals surface area contributed by atoms with Crippen LogP contribution in [0.3, 0.4) is 0 Å². The van der Waals surface area contributed by atoms with Crippen molar-refractivity contribution in [1.29, 1.82) is 0 Å². The number of hydrogen-bond acceptors (Lipinski definition) is 32. The second-order valence-electron chi connectivity index (χ2n) is 28.0. The molecule has 0 spiro atoms. The van der Waals surface area contributed by atoms with E-state index in [4.69, 9.17) is 84.3 Å². The number of ether oxygens (including phenoxy) is 8. The molecule has 12 heterocycles. The number of nitrogens with one attached hydrogen (secondary N) is 4. The van der Waals surface area contributed by atoms with Gasteiger partial charge in [0.1, 0.15) is 48.4 Å². The molecule has 4 aliphatic heterocycles. The highest BCUT2D eigenvalue weighted by Gasteiger charge is 2.28. The zero-order valence-electron chi connectivity index (χ0n) is 68.0. The molecule has 40 nitrogen and oxygen atoms in total. The maximum Gasteiger partial charge on any atom is 0.270 e. The fourth-order valence-corrected chi connectivity index (χ4v) is 12.3. The van der Waals surface area contributed by atoms with Crippen LogP contribution < -0.4 is 60.8 Å². The lowest BCUT2D eigenvalue weighted by atomic mass is 10.3. The third kappa shape index (κ3) is 29.8. The van der Waals surface area contributed by atoms with Gasteiger partial charge in [0, 0.05) is 105 Å². The fraction of sp³-hybridized carbons (Fsp3) is 0.526. The van der Waals surface area contributed by atoms with Crippen LogP contribution in [0.5, 0.6) is 23.0 Å². The largest absolute Gasteiger partial charge is 0.489 e. The van der Waals surface area contributed by atoms with Gasteiger partial charge in [-0.25, -0.2) is 60.3 Å². The molecule has 4 atom stereocenters. The van der Waals surface area contributed by atoms with E-state index < -0.39 is 0 Å². The third-order valence-corrected chi connectivity index (χ3v) is 19.8. The van der Waals surface area contributed by atoms with Gasteiger partial charge in [0.25, 0.3) is 22.2 Å². The van der Waals surface area contributed by atoms with Crippen molar-refractivity contribution in [3.8, 4) is 23.0 Å². The fourth-order valence-electron chi connectivity index (χ4n) is 12.0. The molecule has 8 aromatic rings. The molecule has 0 aliphatic carbocycles. The summed E-state index contributed by atoms with van der Waals surface area (Å²) in [6.45, 7) is 26.6. The molecule has 44 heteroatoms. The van der Waals surface area contributed by atoms with Gasteiger partial charge in [-0.1, -0.05) is 46.4 Å². The van der Waals surface area contributed by atoms with Gasteiger partial charge in [-0.3, -0.25) is 38.4 Å². The monoisotopic (exact) mass is 1740 g/mol. The van der Waals surface area contributed by atoms with E-state index in [0.717, 1.165) is 0 Å². The van der Waals surface area contributed by atoms with E-state index in [1.54, 1.807) is 77.3 Å². The van der Waals surface area contributed by atoms with Gasteiger partial charge in [-0.2, -0.15) is 20.4 Å². The predicted octanol–water partition coefficient (Wildman–Crippen LogP) is 4.18. The van der Waals surface area contributed by atoms with E-state index in [9.17, 15) is 38.4 Å². The van der Waals surface area contributed by atoms with Crippen LogP contribution in [0.4, 0.5) is 23.8 Å². The average Bonchev–Trinajstić information content (AvgIpc) is 0.842. The van der Waals surface area contributed by atoms with Crippen LogP contribution in [-0.4, -0.2) is 306 Å². The Morgan fingerprint density at radius 1 is 0.325 bits per heavy atom. The summed E-state index contributed by atoms with van der Waals surface area (Å²) in [5, 5.41) is 26.3. The number of carbonyl (C=O) groups excluding carboxylic acids is 4. The Morgan fingerprint density at radius 2 is 0.550 bits per heavy atom. The first-order valence-corrected chi connectivity index (χ1v) is 40.4. The number of carbonyl (C=O) groups is 4. The molecule has 4 aliphatic rings. The number of aromatic nitrogens is 16. The summed E-state index contributed by atoms with van der Waals surface area (Å²) in [6.07, 6.45) is 18.6. The first-order valence-electron chi connectivity index (χ1n) is 38.9. The van der Waals surface area contributed by atoms with E-state index in [1.807, 2.05) is 66.9 Å². The quantitative estimate of drug-likeness (QED) is 0.0430. The lowest BCUT2D eigenvalue weighted by Crippen LogP contribution is -2.49. The molecule has 4 fully saturated rings. The van der Waals surface area contributed by atoms with Crippen LogP contribution in [0.15, 0.2) is 93.5 Å². The minimum atomic E-state index is -0.283. The summed E-state index contributed by atoms with van der Waals surface area (Å²) in [7, 11) is 0. The standard InChI is InChI=1S/4C19H25ClN6O4/c2*1-13(12-30-16-11-23-24-18(28)14(16)2)29-8-3-17(27)25-4-6-26(7-5-25)19-21-9-15(20)10-22-19;2*1-13(30-16-11-23-24-18(28)14(16)2)12-29-8-3-17(27)25-4-6-26(7-5-25)19-21-9-15(20)10-22-19/h4*9-11,13H,3-8,12H2,1-2H3,(H,24,28)/t4*13-/m1010/s1. The molecular formula is C76H100Cl4N24O16. The Balaban J connectivity index is 0.000000182. The molecule has 0 unspecified atom stereocenters. The van der Waals surface area contributed by atoms with Gasteiger partial charge in [0.05, 0.1) is 194 Å². The smallest absolute Gasteiger partial charge is 0.270 e. The van der Waals surface area contributed by atoms with Crippen LogP contribution in [0, 0.1) is 27.7 Å². The molecule has 4 amide bonds. The lowest BCUT2D eigenvalue weighted by molar-refractivity contribution is -0.134. The summed E-state index contributed by atoms with van der Waals surface area (Å²) >= 11 is 23.3. The summed E-state index contributed by atoms with van der Waals surface area (Å²) in [5.41, 5.74) is 0.739.